The van der Waals surface area contributed by atoms with Crippen LogP contribution in [0.4, 0.5) is 10.5 Å². The molecule has 2 amide bonds. The number of para-hydroxylation sites is 1. The number of carbonyl (C=O) groups excluding carboxylic acids is 2. The van der Waals surface area contributed by atoms with E-state index < -0.39 is 5.97 Å². The third-order valence-corrected chi connectivity index (χ3v) is 2.73. The van der Waals surface area contributed by atoms with Crippen LogP contribution < -0.4 is 10.6 Å². The zero-order chi connectivity index (χ0) is 14.3. The normalized spacial score (nSPS) is 9.84. The molecule has 0 bridgehead atoms. The highest BCUT2D eigenvalue weighted by Gasteiger charge is 2.15. The summed E-state index contributed by atoms with van der Waals surface area (Å²) in [6, 6.07) is 4.89. The summed E-state index contributed by atoms with van der Waals surface area (Å²) in [7, 11) is 1.32. The molecule has 1 aromatic carbocycles. The van der Waals surface area contributed by atoms with Gasteiger partial charge in [0.15, 0.2) is 0 Å². The lowest BCUT2D eigenvalue weighted by atomic mass is 10.1. The van der Waals surface area contributed by atoms with E-state index in [1.807, 2.05) is 13.0 Å². The molecule has 0 heterocycles. The van der Waals surface area contributed by atoms with Crippen molar-refractivity contribution in [1.82, 2.24) is 5.32 Å². The molecule has 5 nitrogen and oxygen atoms in total. The number of methoxy groups -OCH3 is 1. The second-order valence-electron chi connectivity index (χ2n) is 4.22. The minimum absolute atomic E-state index is 0.312. The third kappa shape index (κ3) is 4.28. The average Bonchev–Trinajstić information content (AvgIpc) is 2.40. The Morgan fingerprint density at radius 2 is 2.05 bits per heavy atom. The van der Waals surface area contributed by atoms with E-state index in [2.05, 4.69) is 17.6 Å². The zero-order valence-corrected chi connectivity index (χ0v) is 11.6. The van der Waals surface area contributed by atoms with Crippen molar-refractivity contribution < 1.29 is 14.3 Å². The Bertz CT molecular complexity index is 458. The Balaban J connectivity index is 2.81. The Labute approximate surface area is 113 Å². The molecule has 1 aromatic rings. The molecule has 19 heavy (non-hydrogen) atoms. The van der Waals surface area contributed by atoms with Crippen molar-refractivity contribution in [1.29, 1.82) is 0 Å². The largest absolute Gasteiger partial charge is 0.465 e. The second-order valence-corrected chi connectivity index (χ2v) is 4.22. The minimum atomic E-state index is -0.465. The van der Waals surface area contributed by atoms with Gasteiger partial charge >= 0.3 is 12.0 Å². The molecule has 104 valence electrons. The van der Waals surface area contributed by atoms with Crippen LogP contribution in [0.5, 0.6) is 0 Å². The highest BCUT2D eigenvalue weighted by atomic mass is 16.5. The molecule has 0 aliphatic carbocycles. The average molecular weight is 264 g/mol. The summed E-state index contributed by atoms with van der Waals surface area (Å²) in [6.07, 6.45) is 1.93. The van der Waals surface area contributed by atoms with E-state index in [0.717, 1.165) is 18.4 Å². The van der Waals surface area contributed by atoms with Crippen LogP contribution in [0, 0.1) is 6.92 Å². The lowest BCUT2D eigenvalue weighted by Gasteiger charge is -2.13. The van der Waals surface area contributed by atoms with E-state index >= 15 is 0 Å². The number of unbranched alkanes of at least 4 members (excludes halogenated alkanes) is 1. The Kier molecular flexibility index (Phi) is 5.85. The first-order valence-corrected chi connectivity index (χ1v) is 6.33. The zero-order valence-electron chi connectivity index (χ0n) is 11.6. The fourth-order valence-electron chi connectivity index (χ4n) is 1.65. The second kappa shape index (κ2) is 7.41. The van der Waals surface area contributed by atoms with Crippen LogP contribution in [0.15, 0.2) is 18.2 Å². The summed E-state index contributed by atoms with van der Waals surface area (Å²) < 4.78 is 4.70. The van der Waals surface area contributed by atoms with Crippen molar-refractivity contribution in [2.75, 3.05) is 19.0 Å². The molecule has 0 saturated heterocycles. The van der Waals surface area contributed by atoms with Crippen LogP contribution in [-0.2, 0) is 4.74 Å². The van der Waals surface area contributed by atoms with Gasteiger partial charge in [-0.3, -0.25) is 0 Å². The molecule has 0 aliphatic rings. The maximum Gasteiger partial charge on any atom is 0.339 e. The van der Waals surface area contributed by atoms with Crippen molar-refractivity contribution in [3.63, 3.8) is 0 Å². The number of amides is 2. The molecular formula is C14H20N2O3. The molecule has 0 aliphatic heterocycles. The molecule has 5 heteroatoms. The SMILES string of the molecule is CCCCNC(=O)Nc1c(C)cccc1C(=O)OC. The molecule has 1 rings (SSSR count). The molecule has 0 spiro atoms. The highest BCUT2D eigenvalue weighted by molar-refractivity contribution is 6.01. The highest BCUT2D eigenvalue weighted by Crippen LogP contribution is 2.21. The molecule has 0 saturated carbocycles. The van der Waals surface area contributed by atoms with Gasteiger partial charge in [0.2, 0.25) is 0 Å². The number of hydrogen-bond donors (Lipinski definition) is 2. The summed E-state index contributed by atoms with van der Waals surface area (Å²) >= 11 is 0. The van der Waals surface area contributed by atoms with Crippen LogP contribution >= 0.6 is 0 Å². The van der Waals surface area contributed by atoms with Crippen LogP contribution in [0.25, 0.3) is 0 Å². The Morgan fingerprint density at radius 3 is 2.68 bits per heavy atom. The number of aryl methyl sites for hydroxylation is 1. The molecule has 0 fully saturated rings. The number of urea groups is 1. The van der Waals surface area contributed by atoms with E-state index in [1.165, 1.54) is 7.11 Å². The first kappa shape index (κ1) is 15.0. The molecule has 2 N–H and O–H groups in total. The fourth-order valence-corrected chi connectivity index (χ4v) is 1.65. The van der Waals surface area contributed by atoms with Crippen LogP contribution in [0.3, 0.4) is 0 Å². The van der Waals surface area contributed by atoms with Gasteiger partial charge in [-0.2, -0.15) is 0 Å². The Morgan fingerprint density at radius 1 is 1.32 bits per heavy atom. The van der Waals surface area contributed by atoms with E-state index in [9.17, 15) is 9.59 Å². The number of benzene rings is 1. The monoisotopic (exact) mass is 264 g/mol. The molecule has 0 unspecified atom stereocenters. The first-order chi connectivity index (χ1) is 9.10. The third-order valence-electron chi connectivity index (χ3n) is 2.73. The van der Waals surface area contributed by atoms with Gasteiger partial charge in [-0.15, -0.1) is 0 Å². The maximum absolute atomic E-state index is 11.7. The number of anilines is 1. The molecular weight excluding hydrogens is 244 g/mol. The number of carbonyl (C=O) groups is 2. The molecule has 0 atom stereocenters. The van der Waals surface area contributed by atoms with Crippen LogP contribution in [0.1, 0.15) is 35.7 Å². The quantitative estimate of drug-likeness (QED) is 0.634. The van der Waals surface area contributed by atoms with Gasteiger partial charge in [0.25, 0.3) is 0 Å². The van der Waals surface area contributed by atoms with E-state index in [0.29, 0.717) is 17.8 Å². The van der Waals surface area contributed by atoms with Crippen LogP contribution in [0.2, 0.25) is 0 Å². The van der Waals surface area contributed by atoms with Crippen molar-refractivity contribution in [2.24, 2.45) is 0 Å². The first-order valence-electron chi connectivity index (χ1n) is 6.33. The lowest BCUT2D eigenvalue weighted by molar-refractivity contribution is 0.0602. The predicted molar refractivity (Wildman–Crippen MR) is 74.4 cm³/mol. The number of hydrogen-bond acceptors (Lipinski definition) is 3. The summed E-state index contributed by atoms with van der Waals surface area (Å²) in [6.45, 7) is 4.49. The van der Waals surface area contributed by atoms with Gasteiger partial charge < -0.3 is 15.4 Å². The van der Waals surface area contributed by atoms with Gasteiger partial charge in [0.1, 0.15) is 0 Å². The van der Waals surface area contributed by atoms with Crippen molar-refractivity contribution in [3.05, 3.63) is 29.3 Å². The number of nitrogens with one attached hydrogen (secondary N) is 2. The number of ether oxygens (including phenoxy) is 1. The van der Waals surface area contributed by atoms with Gasteiger partial charge in [-0.25, -0.2) is 9.59 Å². The lowest BCUT2D eigenvalue weighted by Crippen LogP contribution is -2.30. The maximum atomic E-state index is 11.7. The van der Waals surface area contributed by atoms with Gasteiger partial charge in [-0.1, -0.05) is 25.5 Å². The molecule has 0 aromatic heterocycles. The summed E-state index contributed by atoms with van der Waals surface area (Å²) in [4.78, 5) is 23.4. The topological polar surface area (TPSA) is 67.4 Å². The smallest absolute Gasteiger partial charge is 0.339 e. The van der Waals surface area contributed by atoms with Gasteiger partial charge in [0, 0.05) is 6.54 Å². The van der Waals surface area contributed by atoms with Gasteiger partial charge in [-0.05, 0) is 25.0 Å². The fraction of sp³-hybridized carbons (Fsp3) is 0.429. The summed E-state index contributed by atoms with van der Waals surface area (Å²) in [5, 5.41) is 5.44. The van der Waals surface area contributed by atoms with Crippen molar-refractivity contribution in [2.45, 2.75) is 26.7 Å². The van der Waals surface area contributed by atoms with Crippen molar-refractivity contribution >= 4 is 17.7 Å². The Hall–Kier alpha value is -2.04. The predicted octanol–water partition coefficient (Wildman–Crippen LogP) is 2.70. The standard InChI is InChI=1S/C14H20N2O3/c1-4-5-9-15-14(18)16-12-10(2)7-6-8-11(12)13(17)19-3/h6-8H,4-5,9H2,1-3H3,(H2,15,16,18). The van der Waals surface area contributed by atoms with Gasteiger partial charge in [0.05, 0.1) is 18.4 Å². The number of esters is 1. The van der Waals surface area contributed by atoms with E-state index in [-0.39, 0.29) is 6.03 Å². The minimum Gasteiger partial charge on any atom is -0.465 e. The van der Waals surface area contributed by atoms with Crippen molar-refractivity contribution in [3.8, 4) is 0 Å². The molecule has 0 radical (unpaired) electrons. The van der Waals surface area contributed by atoms with E-state index in [4.69, 9.17) is 4.74 Å². The summed E-state index contributed by atoms with van der Waals surface area (Å²) in [5.41, 5.74) is 1.66. The van der Waals surface area contributed by atoms with Crippen LogP contribution in [-0.4, -0.2) is 25.7 Å². The van der Waals surface area contributed by atoms with E-state index in [1.54, 1.807) is 12.1 Å². The number of rotatable bonds is 5. The summed E-state index contributed by atoms with van der Waals surface area (Å²) in [5.74, 6) is -0.465.